The van der Waals surface area contributed by atoms with Gasteiger partial charge in [-0.2, -0.15) is 23.5 Å². The number of alkyl halides is 2. The first-order chi connectivity index (χ1) is 12.3. The van der Waals surface area contributed by atoms with E-state index in [1.807, 2.05) is 31.2 Å². The molecule has 2 aromatic heterocycles. The Bertz CT molecular complexity index is 935. The minimum absolute atomic E-state index is 0.176. The van der Waals surface area contributed by atoms with Crippen LogP contribution in [0, 0.1) is 13.8 Å². The number of aromatic nitrogens is 4. The predicted molar refractivity (Wildman–Crippen MR) is 88.6 cm³/mol. The molecule has 1 unspecified atom stereocenters. The van der Waals surface area contributed by atoms with Gasteiger partial charge in [0, 0.05) is 5.56 Å². The van der Waals surface area contributed by atoms with Gasteiger partial charge in [-0.05, 0) is 32.9 Å². The number of nitrogens with one attached hydrogen (secondary N) is 1. The number of carbonyl (C=O) groups excluding carboxylic acids is 1. The van der Waals surface area contributed by atoms with E-state index in [0.717, 1.165) is 11.1 Å². The van der Waals surface area contributed by atoms with Crippen LogP contribution in [-0.4, -0.2) is 25.8 Å². The Balaban J connectivity index is 1.76. The molecule has 0 aliphatic rings. The molecule has 26 heavy (non-hydrogen) atoms. The molecule has 1 amide bonds. The zero-order chi connectivity index (χ0) is 18.8. The largest absolute Gasteiger partial charge is 0.339 e. The van der Waals surface area contributed by atoms with E-state index < -0.39 is 18.5 Å². The number of carbonyl (C=O) groups is 1. The van der Waals surface area contributed by atoms with Crippen molar-refractivity contribution >= 4 is 5.91 Å². The molecule has 1 aromatic carbocycles. The molecule has 0 aliphatic carbocycles. The van der Waals surface area contributed by atoms with Gasteiger partial charge in [-0.15, -0.1) is 0 Å². The maximum Gasteiger partial charge on any atom is 0.333 e. The molecule has 9 heteroatoms. The summed E-state index contributed by atoms with van der Waals surface area (Å²) in [4.78, 5) is 16.6. The van der Waals surface area contributed by atoms with Crippen molar-refractivity contribution in [1.82, 2.24) is 25.2 Å². The van der Waals surface area contributed by atoms with Crippen molar-refractivity contribution in [2.24, 2.45) is 0 Å². The minimum Gasteiger partial charge on any atom is -0.339 e. The molecule has 136 valence electrons. The normalized spacial score (nSPS) is 12.4. The highest BCUT2D eigenvalue weighted by atomic mass is 19.3. The van der Waals surface area contributed by atoms with Crippen LogP contribution in [0.25, 0.3) is 11.4 Å². The highest BCUT2D eigenvalue weighted by Crippen LogP contribution is 2.20. The van der Waals surface area contributed by atoms with E-state index >= 15 is 0 Å². The van der Waals surface area contributed by atoms with Crippen LogP contribution >= 0.6 is 0 Å². The van der Waals surface area contributed by atoms with Gasteiger partial charge in [-0.25, -0.2) is 0 Å². The maximum absolute atomic E-state index is 13.0. The smallest absolute Gasteiger partial charge is 0.333 e. The van der Waals surface area contributed by atoms with Crippen molar-refractivity contribution in [1.29, 1.82) is 0 Å². The van der Waals surface area contributed by atoms with Crippen molar-refractivity contribution in [3.63, 3.8) is 0 Å². The highest BCUT2D eigenvalue weighted by molar-refractivity contribution is 5.92. The molecule has 0 spiro atoms. The lowest BCUT2D eigenvalue weighted by molar-refractivity contribution is 0.0504. The summed E-state index contributed by atoms with van der Waals surface area (Å²) in [6.45, 7) is 2.20. The van der Waals surface area contributed by atoms with Crippen LogP contribution in [0.2, 0.25) is 0 Å². The van der Waals surface area contributed by atoms with E-state index in [1.54, 1.807) is 6.92 Å². The van der Waals surface area contributed by atoms with Crippen molar-refractivity contribution in [3.8, 4) is 11.4 Å². The molecule has 0 fully saturated rings. The van der Waals surface area contributed by atoms with Gasteiger partial charge in [-0.3, -0.25) is 4.79 Å². The minimum atomic E-state index is -2.91. The summed E-state index contributed by atoms with van der Waals surface area (Å²) >= 11 is 0. The van der Waals surface area contributed by atoms with Crippen molar-refractivity contribution in [2.45, 2.75) is 33.4 Å². The average molecular weight is 361 g/mol. The standard InChI is InChI=1S/C17H17F2N5O2/c1-9-5-4-6-12(7-9)14-21-16(26-23-14)11(3)20-15(25)13-8-10(2)22-24(13)17(18)19/h4-8,11,17H,1-3H3,(H,20,25). The zero-order valence-electron chi connectivity index (χ0n) is 14.4. The molecule has 1 N–H and O–H groups in total. The molecule has 2 heterocycles. The van der Waals surface area contributed by atoms with E-state index in [4.69, 9.17) is 4.52 Å². The molecule has 0 bridgehead atoms. The Morgan fingerprint density at radius 3 is 2.73 bits per heavy atom. The van der Waals surface area contributed by atoms with E-state index in [1.165, 1.54) is 13.0 Å². The molecule has 3 aromatic rings. The first-order valence-electron chi connectivity index (χ1n) is 7.91. The number of nitrogens with zero attached hydrogens (tertiary/aromatic N) is 4. The van der Waals surface area contributed by atoms with Gasteiger partial charge in [0.25, 0.3) is 5.91 Å². The number of aryl methyl sites for hydroxylation is 2. The lowest BCUT2D eigenvalue weighted by Crippen LogP contribution is -2.29. The van der Waals surface area contributed by atoms with Crippen molar-refractivity contribution in [3.05, 3.63) is 53.2 Å². The summed E-state index contributed by atoms with van der Waals surface area (Å²) in [6, 6.07) is 8.20. The third-order valence-electron chi connectivity index (χ3n) is 3.71. The van der Waals surface area contributed by atoms with Crippen LogP contribution < -0.4 is 5.32 Å². The van der Waals surface area contributed by atoms with Gasteiger partial charge in [0.2, 0.25) is 11.7 Å². The summed E-state index contributed by atoms with van der Waals surface area (Å²) in [6.07, 6.45) is 0. The number of amides is 1. The van der Waals surface area contributed by atoms with Gasteiger partial charge < -0.3 is 9.84 Å². The van der Waals surface area contributed by atoms with Crippen LogP contribution in [0.15, 0.2) is 34.9 Å². The van der Waals surface area contributed by atoms with Crippen molar-refractivity contribution < 1.29 is 18.1 Å². The number of hydrogen-bond acceptors (Lipinski definition) is 5. The topological polar surface area (TPSA) is 85.8 Å². The second kappa shape index (κ2) is 7.03. The Hall–Kier alpha value is -3.10. The van der Waals surface area contributed by atoms with Crippen LogP contribution in [0.4, 0.5) is 8.78 Å². The predicted octanol–water partition coefficient (Wildman–Crippen LogP) is 3.44. The average Bonchev–Trinajstić information content (AvgIpc) is 3.21. The SMILES string of the molecule is Cc1cccc(-c2noc(C(C)NC(=O)c3cc(C)nn3C(F)F)n2)c1. The van der Waals surface area contributed by atoms with Crippen LogP contribution in [0.3, 0.4) is 0 Å². The summed E-state index contributed by atoms with van der Waals surface area (Å²) < 4.78 is 31.5. The van der Waals surface area contributed by atoms with Gasteiger partial charge in [0.05, 0.1) is 5.69 Å². The Labute approximate surface area is 148 Å². The van der Waals surface area contributed by atoms with Gasteiger partial charge in [0.15, 0.2) is 0 Å². The Kier molecular flexibility index (Phi) is 4.79. The number of benzene rings is 1. The summed E-state index contributed by atoms with van der Waals surface area (Å²) in [5.41, 5.74) is 1.92. The molecule has 0 aliphatic heterocycles. The molecule has 0 saturated heterocycles. The van der Waals surface area contributed by atoms with Crippen LogP contribution in [0.1, 0.15) is 47.2 Å². The molecule has 1 atom stereocenters. The molecule has 3 rings (SSSR count). The first kappa shape index (κ1) is 17.7. The Morgan fingerprint density at radius 2 is 2.04 bits per heavy atom. The molecular weight excluding hydrogens is 344 g/mol. The summed E-state index contributed by atoms with van der Waals surface area (Å²) in [7, 11) is 0. The maximum atomic E-state index is 13.0. The van der Waals surface area contributed by atoms with Gasteiger partial charge >= 0.3 is 6.55 Å². The fourth-order valence-corrected chi connectivity index (χ4v) is 2.48. The highest BCUT2D eigenvalue weighted by Gasteiger charge is 2.23. The van der Waals surface area contributed by atoms with Gasteiger partial charge in [-0.1, -0.05) is 28.9 Å². The fraction of sp³-hybridized carbons (Fsp3) is 0.294. The third-order valence-corrected chi connectivity index (χ3v) is 3.71. The second-order valence-corrected chi connectivity index (χ2v) is 5.91. The lowest BCUT2D eigenvalue weighted by Gasteiger charge is -2.10. The van der Waals surface area contributed by atoms with Crippen LogP contribution in [0.5, 0.6) is 0 Å². The summed E-state index contributed by atoms with van der Waals surface area (Å²) in [5, 5.41) is 10.1. The lowest BCUT2D eigenvalue weighted by atomic mass is 10.1. The van der Waals surface area contributed by atoms with Crippen molar-refractivity contribution in [2.75, 3.05) is 0 Å². The zero-order valence-corrected chi connectivity index (χ0v) is 14.4. The molecule has 0 radical (unpaired) electrons. The second-order valence-electron chi connectivity index (χ2n) is 5.91. The van der Waals surface area contributed by atoms with E-state index in [-0.39, 0.29) is 11.6 Å². The quantitative estimate of drug-likeness (QED) is 0.752. The third kappa shape index (κ3) is 3.61. The van der Waals surface area contributed by atoms with E-state index in [2.05, 4.69) is 20.6 Å². The molecule has 0 saturated carbocycles. The molecular formula is C17H17F2N5O2. The summed E-state index contributed by atoms with van der Waals surface area (Å²) in [5.74, 6) is -0.137. The fourth-order valence-electron chi connectivity index (χ4n) is 2.48. The molecule has 7 nitrogen and oxygen atoms in total. The number of hydrogen-bond donors (Lipinski definition) is 1. The van der Waals surface area contributed by atoms with E-state index in [9.17, 15) is 13.6 Å². The van der Waals surface area contributed by atoms with E-state index in [0.29, 0.717) is 16.2 Å². The van der Waals surface area contributed by atoms with Gasteiger partial charge in [0.1, 0.15) is 11.7 Å². The monoisotopic (exact) mass is 361 g/mol. The van der Waals surface area contributed by atoms with Crippen LogP contribution in [-0.2, 0) is 0 Å². The Morgan fingerprint density at radius 1 is 1.27 bits per heavy atom. The first-order valence-corrected chi connectivity index (χ1v) is 7.91. The number of rotatable bonds is 5. The number of halogens is 2.